The molecule has 4 heteroatoms. The predicted molar refractivity (Wildman–Crippen MR) is 64.0 cm³/mol. The second-order valence-electron chi connectivity index (χ2n) is 3.86. The average Bonchev–Trinajstić information content (AvgIpc) is 2.63. The second kappa shape index (κ2) is 4.94. The van der Waals surface area contributed by atoms with E-state index in [4.69, 9.17) is 4.74 Å². The van der Waals surface area contributed by atoms with Gasteiger partial charge in [0.05, 0.1) is 16.7 Å². The van der Waals surface area contributed by atoms with Crippen LogP contribution in [-0.2, 0) is 4.74 Å². The lowest BCUT2D eigenvalue weighted by atomic mass is 10.2. The van der Waals surface area contributed by atoms with Crippen LogP contribution in [0.15, 0.2) is 22.8 Å². The summed E-state index contributed by atoms with van der Waals surface area (Å²) >= 11 is 3.45. The lowest BCUT2D eigenvalue weighted by Gasteiger charge is -2.13. The minimum absolute atomic E-state index is 0.328. The van der Waals surface area contributed by atoms with Crippen LogP contribution in [-0.4, -0.2) is 23.7 Å². The molecule has 15 heavy (non-hydrogen) atoms. The Balaban J connectivity index is 1.86. The van der Waals surface area contributed by atoms with Crippen LogP contribution < -0.4 is 5.32 Å². The highest BCUT2D eigenvalue weighted by Crippen LogP contribution is 2.22. The van der Waals surface area contributed by atoms with Crippen LogP contribution in [0.2, 0.25) is 0 Å². The number of rotatable bonds is 3. The summed E-state index contributed by atoms with van der Waals surface area (Å²) in [4.78, 5) is 4.24. The Labute approximate surface area is 98.4 Å². The molecule has 2 rings (SSSR count). The summed E-state index contributed by atoms with van der Waals surface area (Å²) in [6.07, 6.45) is 4.82. The van der Waals surface area contributed by atoms with Gasteiger partial charge in [-0.1, -0.05) is 0 Å². The van der Waals surface area contributed by atoms with Gasteiger partial charge in [0.25, 0.3) is 0 Å². The van der Waals surface area contributed by atoms with Crippen LogP contribution in [0.1, 0.15) is 19.8 Å². The first-order chi connectivity index (χ1) is 7.25. The van der Waals surface area contributed by atoms with Crippen molar-refractivity contribution in [3.63, 3.8) is 0 Å². The maximum Gasteiger partial charge on any atom is 0.140 e. The molecule has 1 aliphatic rings. The first-order valence-corrected chi connectivity index (χ1v) is 6.05. The van der Waals surface area contributed by atoms with Gasteiger partial charge >= 0.3 is 0 Å². The van der Waals surface area contributed by atoms with Crippen LogP contribution >= 0.6 is 15.9 Å². The normalized spacial score (nSPS) is 25.5. The van der Waals surface area contributed by atoms with Crippen molar-refractivity contribution in [2.75, 3.05) is 11.9 Å². The molecular formula is C11H15BrN2O. The SMILES string of the molecule is CC1CCC(CNc2ncccc2Br)O1. The fourth-order valence-electron chi connectivity index (χ4n) is 1.76. The molecule has 1 N–H and O–H groups in total. The number of hydrogen-bond acceptors (Lipinski definition) is 3. The van der Waals surface area contributed by atoms with Crippen molar-refractivity contribution in [2.45, 2.75) is 32.0 Å². The summed E-state index contributed by atoms with van der Waals surface area (Å²) in [7, 11) is 0. The molecule has 2 unspecified atom stereocenters. The van der Waals surface area contributed by atoms with Crippen LogP contribution in [0.25, 0.3) is 0 Å². The van der Waals surface area contributed by atoms with E-state index in [2.05, 4.69) is 33.2 Å². The van der Waals surface area contributed by atoms with E-state index in [9.17, 15) is 0 Å². The van der Waals surface area contributed by atoms with Crippen molar-refractivity contribution in [1.82, 2.24) is 4.98 Å². The maximum atomic E-state index is 5.72. The molecule has 0 spiro atoms. The zero-order chi connectivity index (χ0) is 10.7. The zero-order valence-corrected chi connectivity index (χ0v) is 10.3. The number of aromatic nitrogens is 1. The highest BCUT2D eigenvalue weighted by atomic mass is 79.9. The first kappa shape index (κ1) is 10.9. The molecule has 2 heterocycles. The Kier molecular flexibility index (Phi) is 3.59. The molecule has 1 aromatic rings. The zero-order valence-electron chi connectivity index (χ0n) is 8.74. The van der Waals surface area contributed by atoms with Crippen molar-refractivity contribution >= 4 is 21.7 Å². The van der Waals surface area contributed by atoms with Crippen LogP contribution in [0.3, 0.4) is 0 Å². The Morgan fingerprint density at radius 2 is 2.47 bits per heavy atom. The van der Waals surface area contributed by atoms with E-state index in [-0.39, 0.29) is 0 Å². The second-order valence-corrected chi connectivity index (χ2v) is 4.72. The van der Waals surface area contributed by atoms with Crippen molar-refractivity contribution in [2.24, 2.45) is 0 Å². The van der Waals surface area contributed by atoms with E-state index in [1.807, 2.05) is 12.1 Å². The topological polar surface area (TPSA) is 34.2 Å². The monoisotopic (exact) mass is 270 g/mol. The minimum Gasteiger partial charge on any atom is -0.373 e. The number of halogens is 1. The van der Waals surface area contributed by atoms with Crippen molar-refractivity contribution in [3.05, 3.63) is 22.8 Å². The van der Waals surface area contributed by atoms with Gasteiger partial charge in [-0.05, 0) is 47.8 Å². The first-order valence-electron chi connectivity index (χ1n) is 5.25. The van der Waals surface area contributed by atoms with E-state index >= 15 is 0 Å². The number of hydrogen-bond donors (Lipinski definition) is 1. The fourth-order valence-corrected chi connectivity index (χ4v) is 2.16. The quantitative estimate of drug-likeness (QED) is 0.917. The molecule has 0 aromatic carbocycles. The van der Waals surface area contributed by atoms with E-state index in [1.165, 1.54) is 0 Å². The molecule has 2 atom stereocenters. The Hall–Kier alpha value is -0.610. The molecule has 3 nitrogen and oxygen atoms in total. The number of ether oxygens (including phenoxy) is 1. The summed E-state index contributed by atoms with van der Waals surface area (Å²) in [5, 5.41) is 3.29. The Morgan fingerprint density at radius 1 is 1.60 bits per heavy atom. The third kappa shape index (κ3) is 2.92. The van der Waals surface area contributed by atoms with Crippen molar-refractivity contribution < 1.29 is 4.74 Å². The lowest BCUT2D eigenvalue weighted by molar-refractivity contribution is 0.0636. The summed E-state index contributed by atoms with van der Waals surface area (Å²) in [6.45, 7) is 2.95. The summed E-state index contributed by atoms with van der Waals surface area (Å²) in [6, 6.07) is 3.89. The van der Waals surface area contributed by atoms with E-state index in [1.54, 1.807) is 6.20 Å². The molecular weight excluding hydrogens is 256 g/mol. The third-order valence-corrected chi connectivity index (χ3v) is 3.22. The highest BCUT2D eigenvalue weighted by Gasteiger charge is 2.21. The number of anilines is 1. The van der Waals surface area contributed by atoms with E-state index in [0.29, 0.717) is 12.2 Å². The van der Waals surface area contributed by atoms with Gasteiger partial charge < -0.3 is 10.1 Å². The molecule has 0 aliphatic carbocycles. The smallest absolute Gasteiger partial charge is 0.140 e. The van der Waals surface area contributed by atoms with E-state index < -0.39 is 0 Å². The van der Waals surface area contributed by atoms with Crippen LogP contribution in [0.5, 0.6) is 0 Å². The molecule has 1 aromatic heterocycles. The summed E-state index contributed by atoms with van der Waals surface area (Å²) in [5.74, 6) is 0.889. The maximum absolute atomic E-state index is 5.72. The lowest BCUT2D eigenvalue weighted by Crippen LogP contribution is -2.20. The number of nitrogens with one attached hydrogen (secondary N) is 1. The molecule has 82 valence electrons. The Bertz CT molecular complexity index is 332. The third-order valence-electron chi connectivity index (χ3n) is 2.58. The van der Waals surface area contributed by atoms with Gasteiger partial charge in [-0.3, -0.25) is 0 Å². The van der Waals surface area contributed by atoms with Gasteiger partial charge in [0.1, 0.15) is 5.82 Å². The van der Waals surface area contributed by atoms with E-state index in [0.717, 1.165) is 29.7 Å². The molecule has 0 bridgehead atoms. The van der Waals surface area contributed by atoms with Crippen molar-refractivity contribution in [3.8, 4) is 0 Å². The Morgan fingerprint density at radius 3 is 3.13 bits per heavy atom. The number of nitrogens with zero attached hydrogens (tertiary/aromatic N) is 1. The van der Waals surface area contributed by atoms with Gasteiger partial charge in [-0.2, -0.15) is 0 Å². The fraction of sp³-hybridized carbons (Fsp3) is 0.545. The minimum atomic E-state index is 0.328. The van der Waals surface area contributed by atoms with Gasteiger partial charge in [0.15, 0.2) is 0 Å². The van der Waals surface area contributed by atoms with Crippen molar-refractivity contribution in [1.29, 1.82) is 0 Å². The van der Waals surface area contributed by atoms with Gasteiger partial charge in [-0.25, -0.2) is 4.98 Å². The standard InChI is InChI=1S/C11H15BrN2O/c1-8-4-5-9(15-8)7-14-11-10(12)3-2-6-13-11/h2-3,6,8-9H,4-5,7H2,1H3,(H,13,14). The molecule has 1 fully saturated rings. The average molecular weight is 271 g/mol. The van der Waals surface area contributed by atoms with Crippen LogP contribution in [0.4, 0.5) is 5.82 Å². The molecule has 0 radical (unpaired) electrons. The van der Waals surface area contributed by atoms with Gasteiger partial charge in [0, 0.05) is 12.7 Å². The number of pyridine rings is 1. The molecule has 1 aliphatic heterocycles. The van der Waals surface area contributed by atoms with Gasteiger partial charge in [-0.15, -0.1) is 0 Å². The predicted octanol–water partition coefficient (Wildman–Crippen LogP) is 2.82. The largest absolute Gasteiger partial charge is 0.373 e. The highest BCUT2D eigenvalue weighted by molar-refractivity contribution is 9.10. The summed E-state index contributed by atoms with van der Waals surface area (Å²) in [5.41, 5.74) is 0. The molecule has 1 saturated heterocycles. The molecule has 0 saturated carbocycles. The van der Waals surface area contributed by atoms with Gasteiger partial charge in [0.2, 0.25) is 0 Å². The summed E-state index contributed by atoms with van der Waals surface area (Å²) < 4.78 is 6.71. The molecule has 0 amide bonds. The van der Waals surface area contributed by atoms with Crippen LogP contribution in [0, 0.1) is 0 Å².